The minimum Gasteiger partial charge on any atom is -0.394 e. The maximum Gasteiger partial charge on any atom is 0.311 e. The van der Waals surface area contributed by atoms with Crippen molar-refractivity contribution in [2.75, 3.05) is 17.2 Å². The molecule has 10 heteroatoms. The number of benzene rings is 1. The normalized spacial score (nSPS) is 14.4. The molecule has 0 radical (unpaired) electrons. The second kappa shape index (κ2) is 7.84. The first-order valence-electron chi connectivity index (χ1n) is 9.14. The molecule has 150 valence electrons. The molecular weight excluding hydrogens is 379 g/mol. The largest absolute Gasteiger partial charge is 0.394 e. The molecule has 1 fully saturated rings. The molecule has 0 spiro atoms. The van der Waals surface area contributed by atoms with E-state index in [9.17, 15) is 19.6 Å². The van der Waals surface area contributed by atoms with Gasteiger partial charge in [0.2, 0.25) is 5.82 Å². The van der Waals surface area contributed by atoms with E-state index in [4.69, 9.17) is 0 Å². The lowest BCUT2D eigenvalue weighted by atomic mass is 10.1. The van der Waals surface area contributed by atoms with Crippen molar-refractivity contribution in [1.29, 1.82) is 0 Å². The van der Waals surface area contributed by atoms with Crippen LogP contribution in [0.25, 0.3) is 0 Å². The number of nitro groups is 1. The molecule has 1 saturated carbocycles. The van der Waals surface area contributed by atoms with Crippen LogP contribution >= 0.6 is 0 Å². The average molecular weight is 398 g/mol. The summed E-state index contributed by atoms with van der Waals surface area (Å²) in [7, 11) is 0. The molecule has 9 nitrogen and oxygen atoms in total. The van der Waals surface area contributed by atoms with E-state index in [2.05, 4.69) is 25.8 Å². The van der Waals surface area contributed by atoms with Crippen molar-refractivity contribution in [2.45, 2.75) is 24.8 Å². The zero-order valence-corrected chi connectivity index (χ0v) is 15.3. The van der Waals surface area contributed by atoms with Gasteiger partial charge >= 0.3 is 5.69 Å². The van der Waals surface area contributed by atoms with Crippen LogP contribution in [0.4, 0.5) is 27.5 Å². The number of pyridine rings is 1. The molecule has 0 aliphatic heterocycles. The van der Waals surface area contributed by atoms with E-state index in [-0.39, 0.29) is 23.9 Å². The first kappa shape index (κ1) is 18.8. The molecule has 0 bridgehead atoms. The van der Waals surface area contributed by atoms with Crippen LogP contribution in [-0.2, 0) is 0 Å². The molecule has 0 unspecified atom stereocenters. The lowest BCUT2D eigenvalue weighted by Gasteiger charge is -2.18. The number of hydrogen-bond donors (Lipinski definition) is 4. The lowest BCUT2D eigenvalue weighted by Crippen LogP contribution is -2.16. The van der Waals surface area contributed by atoms with Crippen molar-refractivity contribution in [2.24, 2.45) is 0 Å². The van der Waals surface area contributed by atoms with Gasteiger partial charge in [0.25, 0.3) is 0 Å². The van der Waals surface area contributed by atoms with Crippen LogP contribution in [0.15, 0.2) is 42.5 Å². The van der Waals surface area contributed by atoms with Crippen LogP contribution in [0.1, 0.15) is 36.1 Å². The van der Waals surface area contributed by atoms with Gasteiger partial charge in [0, 0.05) is 23.7 Å². The lowest BCUT2D eigenvalue weighted by molar-refractivity contribution is -0.384. The number of aromatic amines is 1. The van der Waals surface area contributed by atoms with Crippen LogP contribution in [0.2, 0.25) is 0 Å². The molecule has 3 aromatic rings. The van der Waals surface area contributed by atoms with E-state index in [0.717, 1.165) is 18.5 Å². The van der Waals surface area contributed by atoms with E-state index in [1.54, 1.807) is 12.1 Å². The van der Waals surface area contributed by atoms with E-state index in [1.807, 2.05) is 6.07 Å². The summed E-state index contributed by atoms with van der Waals surface area (Å²) in [4.78, 5) is 15.1. The summed E-state index contributed by atoms with van der Waals surface area (Å²) in [6.45, 7) is -0.267. The Hall–Kier alpha value is -3.53. The zero-order valence-electron chi connectivity index (χ0n) is 15.3. The van der Waals surface area contributed by atoms with Crippen LogP contribution < -0.4 is 10.6 Å². The van der Waals surface area contributed by atoms with Gasteiger partial charge in [0.1, 0.15) is 11.6 Å². The molecule has 4 rings (SSSR count). The van der Waals surface area contributed by atoms with Crippen molar-refractivity contribution in [3.8, 4) is 0 Å². The Labute approximate surface area is 165 Å². The molecule has 2 aromatic heterocycles. The van der Waals surface area contributed by atoms with E-state index in [0.29, 0.717) is 23.1 Å². The second-order valence-electron chi connectivity index (χ2n) is 6.86. The number of rotatable bonds is 8. The van der Waals surface area contributed by atoms with E-state index < -0.39 is 11.0 Å². The van der Waals surface area contributed by atoms with E-state index >= 15 is 0 Å². The van der Waals surface area contributed by atoms with Crippen LogP contribution in [0, 0.1) is 15.9 Å². The summed E-state index contributed by atoms with van der Waals surface area (Å²) in [5.41, 5.74) is 1.44. The third kappa shape index (κ3) is 4.32. The van der Waals surface area contributed by atoms with Gasteiger partial charge in [0.15, 0.2) is 5.82 Å². The molecule has 0 saturated heterocycles. The topological polar surface area (TPSA) is 129 Å². The summed E-state index contributed by atoms with van der Waals surface area (Å²) in [5.74, 6) is 0.880. The van der Waals surface area contributed by atoms with Crippen LogP contribution in [0.5, 0.6) is 0 Å². The monoisotopic (exact) mass is 398 g/mol. The highest BCUT2D eigenvalue weighted by molar-refractivity contribution is 5.66. The predicted molar refractivity (Wildman–Crippen MR) is 105 cm³/mol. The molecular formula is C19H19FN6O3. The molecule has 4 N–H and O–H groups in total. The third-order valence-electron chi connectivity index (χ3n) is 4.71. The van der Waals surface area contributed by atoms with Crippen molar-refractivity contribution in [3.63, 3.8) is 0 Å². The third-order valence-corrected chi connectivity index (χ3v) is 4.71. The minimum absolute atomic E-state index is 0.0321. The number of aliphatic hydroxyl groups is 1. The minimum atomic E-state index is -0.552. The molecule has 29 heavy (non-hydrogen) atoms. The number of hydrogen-bond acceptors (Lipinski definition) is 7. The smallest absolute Gasteiger partial charge is 0.311 e. The highest BCUT2D eigenvalue weighted by Crippen LogP contribution is 2.40. The summed E-state index contributed by atoms with van der Waals surface area (Å²) in [6.07, 6.45) is 2.21. The average Bonchev–Trinajstić information content (AvgIpc) is 3.46. The van der Waals surface area contributed by atoms with Crippen LogP contribution in [0.3, 0.4) is 0 Å². The molecule has 1 aromatic carbocycles. The molecule has 1 aliphatic rings. The Balaban J connectivity index is 1.57. The first-order chi connectivity index (χ1) is 14.0. The number of H-pyrrole nitrogens is 1. The Morgan fingerprint density at radius 2 is 2.00 bits per heavy atom. The first-order valence-corrected chi connectivity index (χ1v) is 9.14. The number of anilines is 3. The fourth-order valence-corrected chi connectivity index (χ4v) is 3.00. The quantitative estimate of drug-likeness (QED) is 0.337. The Kier molecular flexibility index (Phi) is 5.09. The van der Waals surface area contributed by atoms with Gasteiger partial charge in [-0.1, -0.05) is 12.1 Å². The summed E-state index contributed by atoms with van der Waals surface area (Å²) < 4.78 is 13.1. The van der Waals surface area contributed by atoms with Gasteiger partial charge in [0.05, 0.1) is 17.6 Å². The van der Waals surface area contributed by atoms with E-state index in [1.165, 1.54) is 24.3 Å². The number of aromatic nitrogens is 3. The molecule has 1 atom stereocenters. The van der Waals surface area contributed by atoms with Crippen molar-refractivity contribution in [3.05, 3.63) is 69.7 Å². The SMILES string of the molecule is O=[N+]([O-])c1ccc(N[C@@H](CO)c2ccc(F)cc2)nc1Nc1cc(C2CC2)[nH]n1. The van der Waals surface area contributed by atoms with Crippen molar-refractivity contribution in [1.82, 2.24) is 15.2 Å². The van der Waals surface area contributed by atoms with Gasteiger partial charge in [-0.25, -0.2) is 9.37 Å². The Morgan fingerprint density at radius 3 is 2.66 bits per heavy atom. The predicted octanol–water partition coefficient (Wildman–Crippen LogP) is 3.62. The Morgan fingerprint density at radius 1 is 1.24 bits per heavy atom. The van der Waals surface area contributed by atoms with Gasteiger partial charge in [-0.2, -0.15) is 5.10 Å². The number of halogens is 1. The highest BCUT2D eigenvalue weighted by Gasteiger charge is 2.26. The molecule has 2 heterocycles. The number of nitrogens with zero attached hydrogens (tertiary/aromatic N) is 3. The standard InChI is InChI=1S/C19H19FN6O3/c20-13-5-3-12(4-6-13)15(10-27)21-17-8-7-16(26(28)29)19(22-17)23-18-9-14(24-25-18)11-1-2-11/h3-9,11,15,27H,1-2,10H2,(H3,21,22,23,24,25)/t15-/m0/s1. The van der Waals surface area contributed by atoms with Crippen LogP contribution in [-0.4, -0.2) is 31.8 Å². The zero-order chi connectivity index (χ0) is 20.4. The number of aliphatic hydroxyl groups excluding tert-OH is 1. The fourth-order valence-electron chi connectivity index (χ4n) is 3.00. The summed E-state index contributed by atoms with van der Waals surface area (Å²) in [6, 6.07) is 9.74. The maximum atomic E-state index is 13.1. The maximum absolute atomic E-state index is 13.1. The summed E-state index contributed by atoms with van der Waals surface area (Å²) >= 11 is 0. The molecule has 1 aliphatic carbocycles. The van der Waals surface area contributed by atoms with Gasteiger partial charge in [-0.3, -0.25) is 15.2 Å². The second-order valence-corrected chi connectivity index (χ2v) is 6.86. The van der Waals surface area contributed by atoms with Gasteiger partial charge in [-0.05, 0) is 36.6 Å². The van der Waals surface area contributed by atoms with Crippen molar-refractivity contribution < 1.29 is 14.4 Å². The van der Waals surface area contributed by atoms with Crippen molar-refractivity contribution >= 4 is 23.1 Å². The number of nitrogens with one attached hydrogen (secondary N) is 3. The fraction of sp³-hybridized carbons (Fsp3) is 0.263. The highest BCUT2D eigenvalue weighted by atomic mass is 19.1. The molecule has 0 amide bonds. The summed E-state index contributed by atoms with van der Waals surface area (Å²) in [5, 5.41) is 34.1. The van der Waals surface area contributed by atoms with Gasteiger partial charge < -0.3 is 15.7 Å². The van der Waals surface area contributed by atoms with Gasteiger partial charge in [-0.15, -0.1) is 0 Å². The Bertz CT molecular complexity index is 1020.